The van der Waals surface area contributed by atoms with Crippen molar-refractivity contribution < 1.29 is 14.4 Å². The van der Waals surface area contributed by atoms with Crippen molar-refractivity contribution >= 4 is 28.8 Å². The minimum absolute atomic E-state index is 0.165. The van der Waals surface area contributed by atoms with Gasteiger partial charge in [-0.15, -0.1) is 0 Å². The van der Waals surface area contributed by atoms with Crippen molar-refractivity contribution in [2.24, 2.45) is 0 Å². The van der Waals surface area contributed by atoms with E-state index < -0.39 is 0 Å². The number of ketones is 2. The van der Waals surface area contributed by atoms with Gasteiger partial charge in [0.15, 0.2) is 11.6 Å². The Kier molecular flexibility index (Phi) is 4.86. The molecule has 0 spiro atoms. The SMILES string of the molecule is O=C(Nc1ccc(N2CCCCC2)c2c1C(=O)c1ccccc1C2=O)c1ccccc1. The van der Waals surface area contributed by atoms with Crippen LogP contribution in [0.1, 0.15) is 61.5 Å². The molecule has 0 bridgehead atoms. The van der Waals surface area contributed by atoms with Gasteiger partial charge in [0.25, 0.3) is 5.91 Å². The number of carbonyl (C=O) groups excluding carboxylic acids is 3. The lowest BCUT2D eigenvalue weighted by molar-refractivity contribution is 0.0979. The van der Waals surface area contributed by atoms with E-state index in [1.54, 1.807) is 54.6 Å². The summed E-state index contributed by atoms with van der Waals surface area (Å²) in [5.74, 6) is -0.707. The first kappa shape index (κ1) is 19.2. The number of benzene rings is 3. The number of piperidine rings is 1. The number of carbonyl (C=O) groups is 3. The Morgan fingerprint density at radius 1 is 0.710 bits per heavy atom. The Labute approximate surface area is 180 Å². The van der Waals surface area contributed by atoms with Gasteiger partial charge in [0.1, 0.15) is 0 Å². The third-order valence-electron chi connectivity index (χ3n) is 6.03. The van der Waals surface area contributed by atoms with E-state index in [4.69, 9.17) is 0 Å². The summed E-state index contributed by atoms with van der Waals surface area (Å²) in [6.45, 7) is 1.70. The number of fused-ring (bicyclic) bond motifs is 2. The van der Waals surface area contributed by atoms with Crippen molar-refractivity contribution in [1.29, 1.82) is 0 Å². The highest BCUT2D eigenvalue weighted by molar-refractivity contribution is 6.32. The van der Waals surface area contributed by atoms with Crippen molar-refractivity contribution in [3.8, 4) is 0 Å². The second kappa shape index (κ2) is 7.84. The van der Waals surface area contributed by atoms with Crippen LogP contribution in [0.5, 0.6) is 0 Å². The van der Waals surface area contributed by atoms with Gasteiger partial charge in [0.05, 0.1) is 16.8 Å². The second-order valence-corrected chi connectivity index (χ2v) is 7.95. The molecule has 1 aliphatic heterocycles. The molecule has 1 N–H and O–H groups in total. The van der Waals surface area contributed by atoms with Crippen LogP contribution in [-0.2, 0) is 0 Å². The number of amides is 1. The number of nitrogens with zero attached hydrogens (tertiary/aromatic N) is 1. The second-order valence-electron chi connectivity index (χ2n) is 7.95. The lowest BCUT2D eigenvalue weighted by atomic mass is 9.81. The van der Waals surface area contributed by atoms with Crippen LogP contribution in [-0.4, -0.2) is 30.6 Å². The zero-order valence-corrected chi connectivity index (χ0v) is 17.1. The number of nitrogens with one attached hydrogen (secondary N) is 1. The van der Waals surface area contributed by atoms with Gasteiger partial charge >= 0.3 is 0 Å². The normalized spacial score (nSPS) is 15.3. The highest BCUT2D eigenvalue weighted by Gasteiger charge is 2.35. The van der Waals surface area contributed by atoms with Gasteiger partial charge in [-0.1, -0.05) is 42.5 Å². The predicted octanol–water partition coefficient (Wildman–Crippen LogP) is 4.70. The fraction of sp³-hybridized carbons (Fsp3) is 0.192. The van der Waals surface area contributed by atoms with E-state index in [2.05, 4.69) is 10.2 Å². The Morgan fingerprint density at radius 3 is 2.00 bits per heavy atom. The van der Waals surface area contributed by atoms with E-state index in [1.807, 2.05) is 12.1 Å². The molecule has 3 aromatic carbocycles. The van der Waals surface area contributed by atoms with Crippen molar-refractivity contribution in [2.45, 2.75) is 19.3 Å². The van der Waals surface area contributed by atoms with Gasteiger partial charge in [-0.25, -0.2) is 0 Å². The summed E-state index contributed by atoms with van der Waals surface area (Å²) < 4.78 is 0. The average molecular weight is 410 g/mol. The van der Waals surface area contributed by atoms with Crippen molar-refractivity contribution in [3.63, 3.8) is 0 Å². The largest absolute Gasteiger partial charge is 0.371 e. The summed E-state index contributed by atoms with van der Waals surface area (Å²) in [4.78, 5) is 42.0. The number of hydrogen-bond donors (Lipinski definition) is 1. The Balaban J connectivity index is 1.65. The van der Waals surface area contributed by atoms with Crippen LogP contribution in [0.25, 0.3) is 0 Å². The summed E-state index contributed by atoms with van der Waals surface area (Å²) in [6.07, 6.45) is 3.28. The summed E-state index contributed by atoms with van der Waals surface area (Å²) in [5, 5.41) is 2.87. The van der Waals surface area contributed by atoms with E-state index in [0.29, 0.717) is 27.9 Å². The molecule has 0 saturated carbocycles. The standard InChI is InChI=1S/C26H22N2O3/c29-24-18-11-5-6-12-19(18)25(30)23-21(28-15-7-2-8-16-28)14-13-20(22(23)24)27-26(31)17-9-3-1-4-10-17/h1,3-6,9-14H,2,7-8,15-16H2,(H,27,31). The Hall–Kier alpha value is -3.73. The number of hydrogen-bond acceptors (Lipinski definition) is 4. The van der Waals surface area contributed by atoms with Crippen molar-refractivity contribution in [1.82, 2.24) is 0 Å². The quantitative estimate of drug-likeness (QED) is 0.531. The Morgan fingerprint density at radius 2 is 1.32 bits per heavy atom. The minimum Gasteiger partial charge on any atom is -0.371 e. The van der Waals surface area contributed by atoms with Crippen LogP contribution >= 0.6 is 0 Å². The van der Waals surface area contributed by atoms with Gasteiger partial charge in [-0.3, -0.25) is 14.4 Å². The molecule has 5 heteroatoms. The molecule has 1 heterocycles. The zero-order valence-electron chi connectivity index (χ0n) is 17.1. The van der Waals surface area contributed by atoms with E-state index >= 15 is 0 Å². The maximum atomic E-state index is 13.5. The van der Waals surface area contributed by atoms with Crippen LogP contribution in [0, 0.1) is 0 Å². The summed E-state index contributed by atoms with van der Waals surface area (Å²) in [6, 6.07) is 19.4. The van der Waals surface area contributed by atoms with Gasteiger partial charge < -0.3 is 10.2 Å². The predicted molar refractivity (Wildman–Crippen MR) is 120 cm³/mol. The highest BCUT2D eigenvalue weighted by atomic mass is 16.2. The maximum absolute atomic E-state index is 13.5. The topological polar surface area (TPSA) is 66.5 Å². The molecule has 1 fully saturated rings. The van der Waals surface area contributed by atoms with Crippen molar-refractivity contribution in [3.05, 3.63) is 94.5 Å². The maximum Gasteiger partial charge on any atom is 0.255 e. The first-order chi connectivity index (χ1) is 15.1. The molecule has 2 aliphatic rings. The monoisotopic (exact) mass is 410 g/mol. The lowest BCUT2D eigenvalue weighted by Crippen LogP contribution is -2.33. The highest BCUT2D eigenvalue weighted by Crippen LogP contribution is 2.38. The van der Waals surface area contributed by atoms with E-state index in [0.717, 1.165) is 31.6 Å². The zero-order chi connectivity index (χ0) is 21.4. The molecule has 3 aromatic rings. The molecule has 1 aliphatic carbocycles. The third-order valence-corrected chi connectivity index (χ3v) is 6.03. The lowest BCUT2D eigenvalue weighted by Gasteiger charge is -2.33. The summed E-state index contributed by atoms with van der Waals surface area (Å²) >= 11 is 0. The molecular weight excluding hydrogens is 388 g/mol. The molecular formula is C26H22N2O3. The van der Waals surface area contributed by atoms with Gasteiger partial charge in [-0.05, 0) is 43.5 Å². The molecule has 0 aromatic heterocycles. The molecule has 1 amide bonds. The molecule has 0 unspecified atom stereocenters. The smallest absolute Gasteiger partial charge is 0.255 e. The molecule has 154 valence electrons. The van der Waals surface area contributed by atoms with Gasteiger partial charge in [-0.2, -0.15) is 0 Å². The fourth-order valence-electron chi connectivity index (χ4n) is 4.49. The van der Waals surface area contributed by atoms with Crippen LogP contribution in [0.15, 0.2) is 66.7 Å². The summed E-state index contributed by atoms with van der Waals surface area (Å²) in [5.41, 5.74) is 3.13. The van der Waals surface area contributed by atoms with E-state index in [1.165, 1.54) is 6.42 Å². The van der Waals surface area contributed by atoms with Crippen LogP contribution in [0.3, 0.4) is 0 Å². The first-order valence-electron chi connectivity index (χ1n) is 10.6. The number of rotatable bonds is 3. The average Bonchev–Trinajstić information content (AvgIpc) is 2.83. The minimum atomic E-state index is -0.312. The van der Waals surface area contributed by atoms with Crippen LogP contribution in [0.4, 0.5) is 11.4 Å². The molecule has 1 saturated heterocycles. The van der Waals surface area contributed by atoms with Crippen molar-refractivity contribution in [2.75, 3.05) is 23.3 Å². The molecule has 5 nitrogen and oxygen atoms in total. The Bertz CT molecular complexity index is 1190. The number of anilines is 2. The van der Waals surface area contributed by atoms with Gasteiger partial charge in [0.2, 0.25) is 0 Å². The molecule has 5 rings (SSSR count). The van der Waals surface area contributed by atoms with Gasteiger partial charge in [0, 0.05) is 35.5 Å². The fourth-order valence-corrected chi connectivity index (χ4v) is 4.49. The van der Waals surface area contributed by atoms with E-state index in [-0.39, 0.29) is 23.0 Å². The summed E-state index contributed by atoms with van der Waals surface area (Å²) in [7, 11) is 0. The van der Waals surface area contributed by atoms with Crippen LogP contribution in [0.2, 0.25) is 0 Å². The molecule has 0 atom stereocenters. The molecule has 31 heavy (non-hydrogen) atoms. The molecule has 0 radical (unpaired) electrons. The first-order valence-corrected chi connectivity index (χ1v) is 10.6. The third kappa shape index (κ3) is 3.32. The van der Waals surface area contributed by atoms with Crippen LogP contribution < -0.4 is 10.2 Å². The van der Waals surface area contributed by atoms with E-state index in [9.17, 15) is 14.4 Å².